The van der Waals surface area contributed by atoms with Crippen LogP contribution < -0.4 is 10.6 Å². The summed E-state index contributed by atoms with van der Waals surface area (Å²) in [5, 5.41) is 17.3. The molecule has 8 heteroatoms. The van der Waals surface area contributed by atoms with Crippen LogP contribution in [0, 0.1) is 10.1 Å². The second kappa shape index (κ2) is 12.9. The van der Waals surface area contributed by atoms with Crippen molar-refractivity contribution in [3.8, 4) is 0 Å². The minimum absolute atomic E-state index is 0. The highest BCUT2D eigenvalue weighted by Gasteiger charge is 2.12. The number of nitro groups is 1. The number of aliphatic imine (C=N–C) groups is 1. The summed E-state index contributed by atoms with van der Waals surface area (Å²) in [6, 6.07) is 7.68. The molecular weight excluding hydrogens is 445 g/mol. The van der Waals surface area contributed by atoms with Gasteiger partial charge in [-0.3, -0.25) is 20.0 Å². The van der Waals surface area contributed by atoms with E-state index in [0.29, 0.717) is 24.6 Å². The third kappa shape index (κ3) is 8.79. The van der Waals surface area contributed by atoms with Gasteiger partial charge in [0.05, 0.1) is 4.92 Å². The fourth-order valence-corrected chi connectivity index (χ4v) is 2.77. The molecule has 7 nitrogen and oxygen atoms in total. The minimum atomic E-state index is -0.383. The van der Waals surface area contributed by atoms with Gasteiger partial charge in [0.15, 0.2) is 5.96 Å². The summed E-state index contributed by atoms with van der Waals surface area (Å²) in [7, 11) is 1.72. The van der Waals surface area contributed by atoms with Crippen LogP contribution in [0.5, 0.6) is 0 Å². The predicted octanol–water partition coefficient (Wildman–Crippen LogP) is 3.39. The zero-order valence-corrected chi connectivity index (χ0v) is 18.7. The normalized spacial score (nSPS) is 11.6. The number of hydrogen-bond acceptors (Lipinski definition) is 4. The summed E-state index contributed by atoms with van der Waals surface area (Å²) in [4.78, 5) is 17.1. The van der Waals surface area contributed by atoms with Gasteiger partial charge in [0.25, 0.3) is 5.69 Å². The third-order valence-electron chi connectivity index (χ3n) is 4.02. The van der Waals surface area contributed by atoms with Crippen molar-refractivity contribution in [3.05, 3.63) is 39.9 Å². The van der Waals surface area contributed by atoms with E-state index < -0.39 is 0 Å². The molecule has 0 unspecified atom stereocenters. The first-order chi connectivity index (χ1) is 11.8. The predicted molar refractivity (Wildman–Crippen MR) is 118 cm³/mol. The van der Waals surface area contributed by atoms with Crippen molar-refractivity contribution in [2.24, 2.45) is 4.99 Å². The van der Waals surface area contributed by atoms with Gasteiger partial charge in [-0.2, -0.15) is 0 Å². The van der Waals surface area contributed by atoms with Crippen molar-refractivity contribution >= 4 is 35.6 Å². The first kappa shape index (κ1) is 24.6. The molecule has 0 amide bonds. The van der Waals surface area contributed by atoms with Gasteiger partial charge in [-0.15, -0.1) is 24.0 Å². The van der Waals surface area contributed by atoms with Gasteiger partial charge in [0, 0.05) is 50.9 Å². The fraction of sp³-hybridized carbons (Fsp3) is 0.611. The Kier molecular flexibility index (Phi) is 12.2. The van der Waals surface area contributed by atoms with Gasteiger partial charge < -0.3 is 10.6 Å². The van der Waals surface area contributed by atoms with Crippen molar-refractivity contribution in [3.63, 3.8) is 0 Å². The fourth-order valence-electron chi connectivity index (χ4n) is 2.77. The maximum atomic E-state index is 10.8. The van der Waals surface area contributed by atoms with Crippen LogP contribution in [0.15, 0.2) is 29.3 Å². The first-order valence-electron chi connectivity index (χ1n) is 8.78. The van der Waals surface area contributed by atoms with E-state index in [9.17, 15) is 10.1 Å². The number of benzene rings is 1. The number of non-ortho nitro benzene ring substituents is 1. The Hall–Kier alpha value is -1.42. The van der Waals surface area contributed by atoms with E-state index in [1.807, 2.05) is 6.07 Å². The van der Waals surface area contributed by atoms with Gasteiger partial charge in [-0.1, -0.05) is 12.1 Å². The molecule has 0 aliphatic heterocycles. The zero-order chi connectivity index (χ0) is 18.8. The Bertz CT molecular complexity index is 570. The van der Waals surface area contributed by atoms with Gasteiger partial charge in [0.1, 0.15) is 0 Å². The van der Waals surface area contributed by atoms with E-state index >= 15 is 0 Å². The second-order valence-corrected chi connectivity index (χ2v) is 6.56. The maximum Gasteiger partial charge on any atom is 0.269 e. The Morgan fingerprint density at radius 2 is 1.88 bits per heavy atom. The van der Waals surface area contributed by atoms with Crippen molar-refractivity contribution < 1.29 is 4.92 Å². The highest BCUT2D eigenvalue weighted by molar-refractivity contribution is 14.0. The number of halogens is 1. The number of hydrogen-bond donors (Lipinski definition) is 2. The molecule has 0 aliphatic carbocycles. The molecule has 1 aromatic rings. The SMILES string of the molecule is CN=C(NCCCN(C(C)C)C(C)C)NCc1cccc([N+](=O)[O-])c1.I. The van der Waals surface area contributed by atoms with Crippen molar-refractivity contribution in [1.29, 1.82) is 0 Å². The van der Waals surface area contributed by atoms with Gasteiger partial charge in [-0.05, 0) is 39.7 Å². The van der Waals surface area contributed by atoms with Crippen LogP contribution in [0.2, 0.25) is 0 Å². The lowest BCUT2D eigenvalue weighted by molar-refractivity contribution is -0.384. The summed E-state index contributed by atoms with van der Waals surface area (Å²) >= 11 is 0. The molecule has 0 spiro atoms. The molecule has 0 heterocycles. The second-order valence-electron chi connectivity index (χ2n) is 6.56. The molecule has 0 fully saturated rings. The van der Waals surface area contributed by atoms with Gasteiger partial charge in [-0.25, -0.2) is 0 Å². The molecule has 1 rings (SSSR count). The Balaban J connectivity index is 0.00000625. The Labute approximate surface area is 173 Å². The Morgan fingerprint density at radius 3 is 2.42 bits per heavy atom. The highest BCUT2D eigenvalue weighted by Crippen LogP contribution is 2.12. The lowest BCUT2D eigenvalue weighted by Crippen LogP contribution is -2.41. The minimum Gasteiger partial charge on any atom is -0.356 e. The standard InChI is InChI=1S/C18H31N5O2.HI/c1-14(2)22(15(3)4)11-7-10-20-18(19-5)21-13-16-8-6-9-17(12-16)23(24)25;/h6,8-9,12,14-15H,7,10-11,13H2,1-5H3,(H2,19,20,21);1H. The molecule has 0 aromatic heterocycles. The van der Waals surface area contributed by atoms with Gasteiger partial charge in [0.2, 0.25) is 0 Å². The topological polar surface area (TPSA) is 82.8 Å². The van der Waals surface area contributed by atoms with E-state index in [1.54, 1.807) is 19.2 Å². The number of rotatable bonds is 9. The lowest BCUT2D eigenvalue weighted by Gasteiger charge is -2.30. The van der Waals surface area contributed by atoms with E-state index in [0.717, 1.165) is 25.1 Å². The van der Waals surface area contributed by atoms with Crippen molar-refractivity contribution in [2.45, 2.75) is 52.7 Å². The Morgan fingerprint density at radius 1 is 1.23 bits per heavy atom. The van der Waals surface area contributed by atoms with Crippen LogP contribution in [0.4, 0.5) is 5.69 Å². The molecule has 0 bridgehead atoms. The summed E-state index contributed by atoms with van der Waals surface area (Å²) in [5.74, 6) is 0.701. The van der Waals surface area contributed by atoms with E-state index in [-0.39, 0.29) is 34.6 Å². The molecular formula is C18H32IN5O2. The summed E-state index contributed by atoms with van der Waals surface area (Å²) in [5.41, 5.74) is 0.952. The average molecular weight is 477 g/mol. The molecule has 0 saturated carbocycles. The van der Waals surface area contributed by atoms with E-state index in [2.05, 4.69) is 48.2 Å². The molecule has 0 radical (unpaired) electrons. The first-order valence-corrected chi connectivity index (χ1v) is 8.78. The van der Waals surface area contributed by atoms with Crippen molar-refractivity contribution in [2.75, 3.05) is 20.1 Å². The van der Waals surface area contributed by atoms with Crippen LogP contribution in [-0.4, -0.2) is 48.0 Å². The molecule has 0 atom stereocenters. The largest absolute Gasteiger partial charge is 0.356 e. The van der Waals surface area contributed by atoms with Crippen LogP contribution in [0.25, 0.3) is 0 Å². The molecule has 0 aliphatic rings. The van der Waals surface area contributed by atoms with E-state index in [1.165, 1.54) is 6.07 Å². The maximum absolute atomic E-state index is 10.8. The van der Waals surface area contributed by atoms with Crippen LogP contribution in [-0.2, 0) is 6.54 Å². The molecule has 1 aromatic carbocycles. The quantitative estimate of drug-likeness (QED) is 0.142. The third-order valence-corrected chi connectivity index (χ3v) is 4.02. The highest BCUT2D eigenvalue weighted by atomic mass is 127. The summed E-state index contributed by atoms with van der Waals surface area (Å²) in [6.45, 7) is 11.2. The van der Waals surface area contributed by atoms with Crippen LogP contribution in [0.1, 0.15) is 39.7 Å². The lowest BCUT2D eigenvalue weighted by atomic mass is 10.2. The summed E-state index contributed by atoms with van der Waals surface area (Å²) in [6.07, 6.45) is 1.02. The number of nitrogens with zero attached hydrogens (tertiary/aromatic N) is 3. The molecule has 2 N–H and O–H groups in total. The average Bonchev–Trinajstić information content (AvgIpc) is 2.56. The monoisotopic (exact) mass is 477 g/mol. The molecule has 26 heavy (non-hydrogen) atoms. The molecule has 148 valence electrons. The number of nitro benzene ring substituents is 1. The van der Waals surface area contributed by atoms with Crippen LogP contribution >= 0.6 is 24.0 Å². The smallest absolute Gasteiger partial charge is 0.269 e. The number of nitrogens with one attached hydrogen (secondary N) is 2. The van der Waals surface area contributed by atoms with E-state index in [4.69, 9.17) is 0 Å². The van der Waals surface area contributed by atoms with Crippen molar-refractivity contribution in [1.82, 2.24) is 15.5 Å². The van der Waals surface area contributed by atoms with Crippen LogP contribution in [0.3, 0.4) is 0 Å². The number of guanidine groups is 1. The zero-order valence-electron chi connectivity index (χ0n) is 16.4. The summed E-state index contributed by atoms with van der Waals surface area (Å²) < 4.78 is 0. The van der Waals surface area contributed by atoms with Gasteiger partial charge >= 0.3 is 0 Å². The molecule has 0 saturated heterocycles.